The molecule has 1 unspecified atom stereocenters. The maximum absolute atomic E-state index is 13.9. The van der Waals surface area contributed by atoms with Gasteiger partial charge in [0.2, 0.25) is 0 Å². The largest absolute Gasteiger partial charge is 1.00 e. The molecule has 37 heavy (non-hydrogen) atoms. The lowest BCUT2D eigenvalue weighted by molar-refractivity contribution is -0.915. The van der Waals surface area contributed by atoms with Crippen LogP contribution in [-0.2, 0) is 0 Å². The number of H-pyrrole nitrogens is 1. The van der Waals surface area contributed by atoms with Crippen LogP contribution in [0.15, 0.2) is 66.7 Å². The number of aromatic nitrogens is 2. The summed E-state index contributed by atoms with van der Waals surface area (Å²) in [7, 11) is 0. The van der Waals surface area contributed by atoms with E-state index in [2.05, 4.69) is 22.5 Å². The summed E-state index contributed by atoms with van der Waals surface area (Å²) in [5.74, 6) is 0.771. The lowest BCUT2D eigenvalue weighted by Crippen LogP contribution is -3.13. The third kappa shape index (κ3) is 6.83. The average Bonchev–Trinajstić information content (AvgIpc) is 3.17. The number of nitrogens with zero attached hydrogens (tertiary/aromatic N) is 1. The van der Waals surface area contributed by atoms with E-state index < -0.39 is 0 Å². The molecule has 1 aromatic heterocycles. The van der Waals surface area contributed by atoms with Gasteiger partial charge in [0.1, 0.15) is 17.7 Å². The van der Waals surface area contributed by atoms with E-state index in [1.807, 2.05) is 30.3 Å². The van der Waals surface area contributed by atoms with Crippen molar-refractivity contribution >= 4 is 22.6 Å². The molecule has 3 nitrogen and oxygen atoms in total. The highest BCUT2D eigenvalue weighted by atomic mass is 35.5. The third-order valence-corrected chi connectivity index (χ3v) is 7.70. The van der Waals surface area contributed by atoms with Crippen LogP contribution in [0.5, 0.6) is 0 Å². The molecule has 0 aliphatic carbocycles. The van der Waals surface area contributed by atoms with E-state index in [1.54, 1.807) is 17.0 Å². The van der Waals surface area contributed by atoms with Gasteiger partial charge in [0.25, 0.3) is 5.82 Å². The highest BCUT2D eigenvalue weighted by Gasteiger charge is 2.30. The molecule has 2 N–H and O–H groups in total. The standard InChI is InChI=1S/C29H30ClF2N3.2ClH/c1-20-33-28-19-23(30)9-12-29(28)35(20)26-13-16-34(17-14-26)15-3-6-27(21-7-10-24(31)11-8-21)22-4-2-5-25(32)18-22;;/h2,4-5,7-12,18-19,26-27H,3,6,13-17H2,1H3;2*1H. The van der Waals surface area contributed by atoms with Crippen LogP contribution in [-0.4, -0.2) is 24.6 Å². The molecule has 0 spiro atoms. The molecule has 8 heteroatoms. The predicted molar refractivity (Wildman–Crippen MR) is 136 cm³/mol. The fourth-order valence-corrected chi connectivity index (χ4v) is 5.92. The lowest BCUT2D eigenvalue weighted by atomic mass is 9.87. The molecule has 198 valence electrons. The highest BCUT2D eigenvalue weighted by Crippen LogP contribution is 2.30. The molecular formula is C29H32Cl3F2N3. The molecule has 3 aromatic carbocycles. The van der Waals surface area contributed by atoms with Gasteiger partial charge in [-0.25, -0.2) is 18.3 Å². The second kappa shape index (κ2) is 13.1. The first-order valence-electron chi connectivity index (χ1n) is 12.5. The van der Waals surface area contributed by atoms with E-state index >= 15 is 0 Å². The Hall–Kier alpha value is -2.18. The molecule has 1 aliphatic heterocycles. The molecule has 1 fully saturated rings. The molecule has 1 atom stereocenters. The number of hydrogen-bond acceptors (Lipinski definition) is 0. The fraction of sp³-hybridized carbons (Fsp3) is 0.345. The van der Waals surface area contributed by atoms with Crippen LogP contribution in [0, 0.1) is 18.6 Å². The molecule has 4 aromatic rings. The molecule has 0 radical (unpaired) electrons. The number of nitrogens with one attached hydrogen (secondary N) is 2. The Kier molecular flexibility index (Phi) is 10.4. The molecule has 0 amide bonds. The number of likely N-dealkylation sites (tertiary alicyclic amines) is 1. The van der Waals surface area contributed by atoms with Crippen LogP contribution in [0.3, 0.4) is 0 Å². The first-order chi connectivity index (χ1) is 17.0. The van der Waals surface area contributed by atoms with Gasteiger partial charge in [-0.2, -0.15) is 0 Å². The van der Waals surface area contributed by atoms with Crippen LogP contribution < -0.4 is 34.3 Å². The second-order valence-corrected chi connectivity index (χ2v) is 10.2. The third-order valence-electron chi connectivity index (χ3n) is 7.47. The summed E-state index contributed by atoms with van der Waals surface area (Å²) in [4.78, 5) is 5.11. The summed E-state index contributed by atoms with van der Waals surface area (Å²) in [6.07, 6.45) is 4.23. The van der Waals surface area contributed by atoms with E-state index in [1.165, 1.54) is 29.5 Å². The second-order valence-electron chi connectivity index (χ2n) is 9.77. The van der Waals surface area contributed by atoms with E-state index in [-0.39, 0.29) is 42.4 Å². The Balaban J connectivity index is 0.00000190. The zero-order valence-electron chi connectivity index (χ0n) is 20.8. The summed E-state index contributed by atoms with van der Waals surface area (Å²) in [6, 6.07) is 20.0. The number of piperidine rings is 1. The Morgan fingerprint density at radius 3 is 2.38 bits per heavy atom. The van der Waals surface area contributed by atoms with E-state index in [9.17, 15) is 8.78 Å². The van der Waals surface area contributed by atoms with Crippen LogP contribution in [0.2, 0.25) is 5.02 Å². The minimum atomic E-state index is -0.245. The molecule has 2 heterocycles. The number of aryl methyl sites for hydroxylation is 1. The van der Waals surface area contributed by atoms with Crippen molar-refractivity contribution in [3.8, 4) is 0 Å². The zero-order chi connectivity index (χ0) is 24.4. The molecular weight excluding hydrogens is 535 g/mol. The fourth-order valence-electron chi connectivity index (χ4n) is 5.74. The Labute approximate surface area is 234 Å². The van der Waals surface area contributed by atoms with Crippen molar-refractivity contribution in [1.29, 1.82) is 0 Å². The topological polar surface area (TPSA) is 24.1 Å². The Bertz CT molecular complexity index is 1300. The van der Waals surface area contributed by atoms with Gasteiger partial charge < -0.3 is 29.7 Å². The molecule has 1 saturated heterocycles. The van der Waals surface area contributed by atoms with Gasteiger partial charge in [-0.3, -0.25) is 0 Å². The van der Waals surface area contributed by atoms with Crippen molar-refractivity contribution < 1.29 is 43.1 Å². The molecule has 0 bridgehead atoms. The van der Waals surface area contributed by atoms with Crippen molar-refractivity contribution in [2.75, 3.05) is 19.6 Å². The van der Waals surface area contributed by atoms with Crippen molar-refractivity contribution in [3.05, 3.63) is 100 Å². The first-order valence-corrected chi connectivity index (χ1v) is 12.9. The minimum absolute atomic E-state index is 0. The van der Waals surface area contributed by atoms with E-state index in [0.29, 0.717) is 6.04 Å². The number of rotatable bonds is 7. The summed E-state index contributed by atoms with van der Waals surface area (Å²) in [6.45, 7) is 5.50. The summed E-state index contributed by atoms with van der Waals surface area (Å²) in [5, 5.41) is 0.752. The van der Waals surface area contributed by atoms with Gasteiger partial charge in [-0.15, -0.1) is 0 Å². The molecule has 5 rings (SSSR count). The van der Waals surface area contributed by atoms with Crippen LogP contribution in [0.1, 0.15) is 54.6 Å². The summed E-state index contributed by atoms with van der Waals surface area (Å²) in [5.41, 5.74) is 4.31. The summed E-state index contributed by atoms with van der Waals surface area (Å²) >= 11 is 6.18. The maximum Gasteiger partial charge on any atom is 0.252 e. The number of halogens is 5. The van der Waals surface area contributed by atoms with Gasteiger partial charge >= 0.3 is 0 Å². The normalized spacial score (nSPS) is 18.2. The van der Waals surface area contributed by atoms with Gasteiger partial charge in [-0.1, -0.05) is 35.9 Å². The number of aromatic amines is 1. The van der Waals surface area contributed by atoms with Crippen molar-refractivity contribution in [1.82, 2.24) is 4.98 Å². The Morgan fingerprint density at radius 2 is 1.68 bits per heavy atom. The van der Waals surface area contributed by atoms with Crippen molar-refractivity contribution in [3.63, 3.8) is 0 Å². The zero-order valence-corrected chi connectivity index (χ0v) is 23.1. The maximum atomic E-state index is 13.9. The molecule has 1 aliphatic rings. The van der Waals surface area contributed by atoms with E-state index in [0.717, 1.165) is 67.0 Å². The average molecular weight is 567 g/mol. The number of benzene rings is 3. The quantitative estimate of drug-likeness (QED) is 0.283. The van der Waals surface area contributed by atoms with E-state index in [4.69, 9.17) is 11.6 Å². The van der Waals surface area contributed by atoms with Gasteiger partial charge in [0.05, 0.1) is 19.6 Å². The van der Waals surface area contributed by atoms with Crippen LogP contribution in [0.4, 0.5) is 8.78 Å². The molecule has 0 saturated carbocycles. The van der Waals surface area contributed by atoms with Crippen molar-refractivity contribution in [2.45, 2.75) is 44.6 Å². The lowest BCUT2D eigenvalue weighted by Gasteiger charge is -2.29. The smallest absolute Gasteiger partial charge is 0.252 e. The highest BCUT2D eigenvalue weighted by molar-refractivity contribution is 6.31. The number of quaternary nitrogens is 1. The minimum Gasteiger partial charge on any atom is -1.00 e. The number of hydrogen-bond donors (Lipinski definition) is 2. The van der Waals surface area contributed by atoms with Gasteiger partial charge in [0, 0.05) is 36.8 Å². The SMILES string of the molecule is Cc1[nH]c2cc(Cl)ccc2[n+]1C1CC[NH+](CCCC(c2ccc(F)cc2)c2cccc(F)c2)CC1.[Cl-].[Cl-]. The van der Waals surface area contributed by atoms with Gasteiger partial charge in [0.15, 0.2) is 11.0 Å². The van der Waals surface area contributed by atoms with Gasteiger partial charge in [-0.05, 0) is 60.4 Å². The Morgan fingerprint density at radius 1 is 0.946 bits per heavy atom. The van der Waals surface area contributed by atoms with Crippen LogP contribution in [0.25, 0.3) is 11.0 Å². The number of imidazole rings is 1. The summed E-state index contributed by atoms with van der Waals surface area (Å²) < 4.78 is 29.9. The first kappa shape index (κ1) is 29.4. The number of fused-ring (bicyclic) bond motifs is 1. The monoisotopic (exact) mass is 565 g/mol. The van der Waals surface area contributed by atoms with Crippen LogP contribution >= 0.6 is 11.6 Å². The van der Waals surface area contributed by atoms with Crippen molar-refractivity contribution in [2.24, 2.45) is 0 Å². The predicted octanol–water partition coefficient (Wildman–Crippen LogP) is -0.464.